The average Bonchev–Trinajstić information content (AvgIpc) is 3.13. The van der Waals surface area contributed by atoms with E-state index in [2.05, 4.69) is 51.8 Å². The number of aromatic nitrogens is 2. The maximum atomic E-state index is 5.40. The van der Waals surface area contributed by atoms with E-state index in [4.69, 9.17) is 9.47 Å². The molecule has 0 aliphatic carbocycles. The van der Waals surface area contributed by atoms with Crippen LogP contribution in [0.5, 0.6) is 11.5 Å². The van der Waals surface area contributed by atoms with E-state index < -0.39 is 0 Å². The second-order valence-corrected chi connectivity index (χ2v) is 6.15. The van der Waals surface area contributed by atoms with Gasteiger partial charge in [-0.3, -0.25) is 0 Å². The molecule has 2 heterocycles. The van der Waals surface area contributed by atoms with Crippen molar-refractivity contribution in [3.05, 3.63) is 71.4 Å². The molecule has 0 amide bonds. The zero-order valence-electron chi connectivity index (χ0n) is 14.5. The largest absolute Gasteiger partial charge is 0.454 e. The molecule has 0 atom stereocenters. The predicted octanol–water partition coefficient (Wildman–Crippen LogP) is 3.74. The zero-order chi connectivity index (χ0) is 17.8. The van der Waals surface area contributed by atoms with Crippen LogP contribution < -0.4 is 20.1 Å². The van der Waals surface area contributed by atoms with Gasteiger partial charge in [0.15, 0.2) is 11.5 Å². The molecule has 3 aromatic rings. The SMILES string of the molecule is Cc1cccc(CNc2ccnc(NCc3ccc4c(c3)OCO4)n2)c1. The van der Waals surface area contributed by atoms with Crippen molar-refractivity contribution in [2.45, 2.75) is 20.0 Å². The summed E-state index contributed by atoms with van der Waals surface area (Å²) in [6.45, 7) is 3.70. The average molecular weight is 348 g/mol. The lowest BCUT2D eigenvalue weighted by Gasteiger charge is -2.09. The van der Waals surface area contributed by atoms with Gasteiger partial charge in [0.05, 0.1) is 0 Å². The van der Waals surface area contributed by atoms with Crippen LogP contribution in [0.25, 0.3) is 0 Å². The lowest BCUT2D eigenvalue weighted by molar-refractivity contribution is 0.174. The van der Waals surface area contributed by atoms with Crippen LogP contribution in [0.15, 0.2) is 54.7 Å². The topological polar surface area (TPSA) is 68.3 Å². The van der Waals surface area contributed by atoms with E-state index in [1.54, 1.807) is 6.20 Å². The lowest BCUT2D eigenvalue weighted by Crippen LogP contribution is -2.07. The second-order valence-electron chi connectivity index (χ2n) is 6.15. The van der Waals surface area contributed by atoms with Crippen molar-refractivity contribution in [3.8, 4) is 11.5 Å². The molecule has 0 radical (unpaired) electrons. The Labute approximate surface area is 152 Å². The van der Waals surface area contributed by atoms with Gasteiger partial charge in [-0.05, 0) is 36.2 Å². The van der Waals surface area contributed by atoms with Crippen LogP contribution in [0.3, 0.4) is 0 Å². The Morgan fingerprint density at radius 1 is 0.923 bits per heavy atom. The highest BCUT2D eigenvalue weighted by molar-refractivity contribution is 5.46. The minimum absolute atomic E-state index is 0.282. The van der Waals surface area contributed by atoms with Crippen LogP contribution in [-0.4, -0.2) is 16.8 Å². The molecule has 0 fully saturated rings. The number of anilines is 2. The van der Waals surface area contributed by atoms with Gasteiger partial charge in [0.2, 0.25) is 12.7 Å². The molecule has 132 valence electrons. The van der Waals surface area contributed by atoms with Crippen LogP contribution in [0.1, 0.15) is 16.7 Å². The summed E-state index contributed by atoms with van der Waals surface area (Å²) in [5.41, 5.74) is 3.55. The lowest BCUT2D eigenvalue weighted by atomic mass is 10.1. The number of nitrogens with one attached hydrogen (secondary N) is 2. The van der Waals surface area contributed by atoms with E-state index in [9.17, 15) is 0 Å². The Morgan fingerprint density at radius 3 is 2.69 bits per heavy atom. The summed E-state index contributed by atoms with van der Waals surface area (Å²) >= 11 is 0. The second kappa shape index (κ2) is 7.31. The number of rotatable bonds is 6. The third-order valence-electron chi connectivity index (χ3n) is 4.10. The van der Waals surface area contributed by atoms with Crippen molar-refractivity contribution in [3.63, 3.8) is 0 Å². The quantitative estimate of drug-likeness (QED) is 0.707. The molecular weight excluding hydrogens is 328 g/mol. The fraction of sp³-hybridized carbons (Fsp3) is 0.200. The molecule has 4 rings (SSSR count). The number of benzene rings is 2. The molecule has 6 heteroatoms. The van der Waals surface area contributed by atoms with Gasteiger partial charge in [0.1, 0.15) is 5.82 Å². The maximum Gasteiger partial charge on any atom is 0.231 e. The van der Waals surface area contributed by atoms with Crippen LogP contribution in [0.4, 0.5) is 11.8 Å². The van der Waals surface area contributed by atoms with Crippen molar-refractivity contribution < 1.29 is 9.47 Å². The van der Waals surface area contributed by atoms with Gasteiger partial charge < -0.3 is 20.1 Å². The normalized spacial score (nSPS) is 12.0. The van der Waals surface area contributed by atoms with E-state index in [1.807, 2.05) is 24.3 Å². The molecule has 6 nitrogen and oxygen atoms in total. The molecule has 0 saturated carbocycles. The van der Waals surface area contributed by atoms with Crippen molar-refractivity contribution in [1.29, 1.82) is 0 Å². The standard InChI is InChI=1S/C20H20N4O2/c1-14-3-2-4-15(9-14)11-22-19-7-8-21-20(24-19)23-12-16-5-6-17-18(10-16)26-13-25-17/h2-10H,11-13H2,1H3,(H2,21,22,23,24). The highest BCUT2D eigenvalue weighted by Crippen LogP contribution is 2.32. The van der Waals surface area contributed by atoms with Crippen LogP contribution in [0, 0.1) is 6.92 Å². The monoisotopic (exact) mass is 348 g/mol. The summed E-state index contributed by atoms with van der Waals surface area (Å²) in [6.07, 6.45) is 1.74. The summed E-state index contributed by atoms with van der Waals surface area (Å²) in [6, 6.07) is 16.2. The van der Waals surface area contributed by atoms with Gasteiger partial charge in [-0.25, -0.2) is 4.98 Å². The minimum atomic E-state index is 0.282. The molecule has 26 heavy (non-hydrogen) atoms. The summed E-state index contributed by atoms with van der Waals surface area (Å²) in [4.78, 5) is 8.79. The molecule has 1 aliphatic rings. The Morgan fingerprint density at radius 2 is 1.77 bits per heavy atom. The number of ether oxygens (including phenoxy) is 2. The summed E-state index contributed by atoms with van der Waals surface area (Å²) in [5, 5.41) is 6.57. The van der Waals surface area contributed by atoms with E-state index >= 15 is 0 Å². The molecule has 1 aliphatic heterocycles. The molecule has 0 bridgehead atoms. The molecule has 2 N–H and O–H groups in total. The molecule has 0 spiro atoms. The van der Waals surface area contributed by atoms with Crippen molar-refractivity contribution in [2.75, 3.05) is 17.4 Å². The zero-order valence-corrected chi connectivity index (χ0v) is 14.5. The van der Waals surface area contributed by atoms with Crippen molar-refractivity contribution in [2.24, 2.45) is 0 Å². The van der Waals surface area contributed by atoms with Crippen molar-refractivity contribution in [1.82, 2.24) is 9.97 Å². The minimum Gasteiger partial charge on any atom is -0.454 e. The molecule has 1 aromatic heterocycles. The first kappa shape index (κ1) is 16.2. The van der Waals surface area contributed by atoms with Gasteiger partial charge >= 0.3 is 0 Å². The van der Waals surface area contributed by atoms with E-state index in [-0.39, 0.29) is 6.79 Å². The predicted molar refractivity (Wildman–Crippen MR) is 100 cm³/mol. The van der Waals surface area contributed by atoms with Crippen LogP contribution >= 0.6 is 0 Å². The number of aryl methyl sites for hydroxylation is 1. The first-order chi connectivity index (χ1) is 12.8. The first-order valence-corrected chi connectivity index (χ1v) is 8.51. The Balaban J connectivity index is 1.36. The van der Waals surface area contributed by atoms with E-state index in [0.29, 0.717) is 12.5 Å². The van der Waals surface area contributed by atoms with Gasteiger partial charge in [-0.15, -0.1) is 0 Å². The van der Waals surface area contributed by atoms with Crippen molar-refractivity contribution >= 4 is 11.8 Å². The molecule has 2 aromatic carbocycles. The van der Waals surface area contributed by atoms with Gasteiger partial charge in [0.25, 0.3) is 0 Å². The fourth-order valence-corrected chi connectivity index (χ4v) is 2.79. The fourth-order valence-electron chi connectivity index (χ4n) is 2.79. The van der Waals surface area contributed by atoms with Crippen LogP contribution in [0.2, 0.25) is 0 Å². The first-order valence-electron chi connectivity index (χ1n) is 8.51. The molecule has 0 unspecified atom stereocenters. The summed E-state index contributed by atoms with van der Waals surface area (Å²) in [7, 11) is 0. The highest BCUT2D eigenvalue weighted by atomic mass is 16.7. The Kier molecular flexibility index (Phi) is 4.55. The third-order valence-corrected chi connectivity index (χ3v) is 4.10. The van der Waals surface area contributed by atoms with Gasteiger partial charge in [0, 0.05) is 19.3 Å². The molecular formula is C20H20N4O2. The smallest absolute Gasteiger partial charge is 0.231 e. The van der Waals surface area contributed by atoms with E-state index in [0.717, 1.165) is 29.4 Å². The molecule has 0 saturated heterocycles. The number of fused-ring (bicyclic) bond motifs is 1. The Hall–Kier alpha value is -3.28. The summed E-state index contributed by atoms with van der Waals surface area (Å²) < 4.78 is 10.7. The van der Waals surface area contributed by atoms with Crippen LogP contribution in [-0.2, 0) is 13.1 Å². The maximum absolute atomic E-state index is 5.40. The van der Waals surface area contributed by atoms with E-state index in [1.165, 1.54) is 11.1 Å². The third kappa shape index (κ3) is 3.85. The highest BCUT2D eigenvalue weighted by Gasteiger charge is 2.13. The van der Waals surface area contributed by atoms with Gasteiger partial charge in [-0.2, -0.15) is 4.98 Å². The number of hydrogen-bond donors (Lipinski definition) is 2. The Bertz CT molecular complexity index is 914. The van der Waals surface area contributed by atoms with Gasteiger partial charge in [-0.1, -0.05) is 35.9 Å². The number of hydrogen-bond acceptors (Lipinski definition) is 6. The summed E-state index contributed by atoms with van der Waals surface area (Å²) in [5.74, 6) is 2.93. The number of nitrogens with zero attached hydrogens (tertiary/aromatic N) is 2.